The van der Waals surface area contributed by atoms with Gasteiger partial charge in [-0.15, -0.1) is 0 Å². The van der Waals surface area contributed by atoms with Crippen molar-refractivity contribution in [1.82, 2.24) is 5.32 Å². The first-order chi connectivity index (χ1) is 8.58. The predicted molar refractivity (Wildman–Crippen MR) is 70.6 cm³/mol. The molecule has 100 valence electrons. The summed E-state index contributed by atoms with van der Waals surface area (Å²) in [5, 5.41) is 2.82. The van der Waals surface area contributed by atoms with Crippen LogP contribution in [0.5, 0.6) is 0 Å². The van der Waals surface area contributed by atoms with Crippen molar-refractivity contribution in [2.45, 2.75) is 38.6 Å². The van der Waals surface area contributed by atoms with Gasteiger partial charge in [0.2, 0.25) is 5.91 Å². The molecule has 0 aliphatic rings. The molecule has 1 aromatic rings. The van der Waals surface area contributed by atoms with Gasteiger partial charge in [0.15, 0.2) is 0 Å². The van der Waals surface area contributed by atoms with Gasteiger partial charge in [0.05, 0.1) is 0 Å². The highest BCUT2D eigenvalue weighted by molar-refractivity contribution is 5.75. The first kappa shape index (κ1) is 14.6. The van der Waals surface area contributed by atoms with E-state index < -0.39 is 0 Å². The molecule has 0 saturated carbocycles. The van der Waals surface area contributed by atoms with Crippen LogP contribution in [-0.2, 0) is 11.2 Å². The molecule has 4 heteroatoms. The lowest BCUT2D eigenvalue weighted by Gasteiger charge is -2.06. The second-order valence-corrected chi connectivity index (χ2v) is 4.60. The Labute approximate surface area is 108 Å². The maximum atomic E-state index is 12.9. The fraction of sp³-hybridized carbons (Fsp3) is 0.500. The standard InChI is InChI=1S/C14H21FN2O/c1-11(16)4-2-7-14(18)17-9-8-12-5-3-6-13(15)10-12/h3,5-6,10-11H,2,4,7-9,16H2,1H3,(H,17,18). The van der Waals surface area contributed by atoms with Crippen LogP contribution in [0.3, 0.4) is 0 Å². The van der Waals surface area contributed by atoms with E-state index in [1.807, 2.05) is 13.0 Å². The van der Waals surface area contributed by atoms with Gasteiger partial charge in [0.25, 0.3) is 0 Å². The molecule has 1 aromatic carbocycles. The Balaban J connectivity index is 2.15. The number of hydrogen-bond acceptors (Lipinski definition) is 2. The fourth-order valence-corrected chi connectivity index (χ4v) is 1.71. The van der Waals surface area contributed by atoms with Gasteiger partial charge in [-0.3, -0.25) is 4.79 Å². The summed E-state index contributed by atoms with van der Waals surface area (Å²) >= 11 is 0. The molecular formula is C14H21FN2O. The van der Waals surface area contributed by atoms with E-state index in [1.165, 1.54) is 12.1 Å². The number of nitrogens with one attached hydrogen (secondary N) is 1. The number of halogens is 1. The number of carbonyl (C=O) groups excluding carboxylic acids is 1. The van der Waals surface area contributed by atoms with Gasteiger partial charge in [0, 0.05) is 19.0 Å². The zero-order valence-electron chi connectivity index (χ0n) is 10.8. The molecule has 0 aliphatic carbocycles. The fourth-order valence-electron chi connectivity index (χ4n) is 1.71. The van der Waals surface area contributed by atoms with Crippen LogP contribution < -0.4 is 11.1 Å². The quantitative estimate of drug-likeness (QED) is 0.780. The minimum Gasteiger partial charge on any atom is -0.356 e. The Bertz CT molecular complexity index is 380. The number of carbonyl (C=O) groups is 1. The zero-order valence-corrected chi connectivity index (χ0v) is 10.8. The molecule has 3 nitrogen and oxygen atoms in total. The van der Waals surface area contributed by atoms with Crippen molar-refractivity contribution in [1.29, 1.82) is 0 Å². The van der Waals surface area contributed by atoms with Crippen molar-refractivity contribution in [3.05, 3.63) is 35.6 Å². The second kappa shape index (κ2) is 7.82. The molecule has 0 saturated heterocycles. The summed E-state index contributed by atoms with van der Waals surface area (Å²) < 4.78 is 12.9. The minimum absolute atomic E-state index is 0.0343. The third-order valence-electron chi connectivity index (χ3n) is 2.69. The van der Waals surface area contributed by atoms with Crippen molar-refractivity contribution in [2.75, 3.05) is 6.54 Å². The molecule has 18 heavy (non-hydrogen) atoms. The van der Waals surface area contributed by atoms with E-state index in [9.17, 15) is 9.18 Å². The predicted octanol–water partition coefficient (Wildman–Crippen LogP) is 2.00. The molecule has 1 rings (SSSR count). The summed E-state index contributed by atoms with van der Waals surface area (Å²) in [4.78, 5) is 11.5. The van der Waals surface area contributed by atoms with E-state index in [0.717, 1.165) is 18.4 Å². The molecule has 0 aliphatic heterocycles. The number of nitrogens with two attached hydrogens (primary N) is 1. The van der Waals surface area contributed by atoms with E-state index in [0.29, 0.717) is 19.4 Å². The molecule has 1 atom stereocenters. The second-order valence-electron chi connectivity index (χ2n) is 4.60. The summed E-state index contributed by atoms with van der Waals surface area (Å²) in [6.07, 6.45) is 2.82. The van der Waals surface area contributed by atoms with Gasteiger partial charge in [0.1, 0.15) is 5.82 Å². The lowest BCUT2D eigenvalue weighted by Crippen LogP contribution is -2.26. The SMILES string of the molecule is CC(N)CCCC(=O)NCCc1cccc(F)c1. The zero-order chi connectivity index (χ0) is 13.4. The van der Waals surface area contributed by atoms with Crippen molar-refractivity contribution in [2.24, 2.45) is 5.73 Å². The van der Waals surface area contributed by atoms with E-state index in [-0.39, 0.29) is 17.8 Å². The van der Waals surface area contributed by atoms with Crippen LogP contribution >= 0.6 is 0 Å². The summed E-state index contributed by atoms with van der Waals surface area (Å²) in [5.41, 5.74) is 6.50. The topological polar surface area (TPSA) is 55.1 Å². The van der Waals surface area contributed by atoms with Gasteiger partial charge in [-0.1, -0.05) is 12.1 Å². The van der Waals surface area contributed by atoms with Crippen LogP contribution in [0.1, 0.15) is 31.7 Å². The summed E-state index contributed by atoms with van der Waals surface area (Å²) in [5.74, 6) is -0.206. The van der Waals surface area contributed by atoms with Gasteiger partial charge < -0.3 is 11.1 Å². The van der Waals surface area contributed by atoms with Crippen LogP contribution in [0.4, 0.5) is 4.39 Å². The molecule has 1 amide bonds. The first-order valence-electron chi connectivity index (χ1n) is 6.34. The Hall–Kier alpha value is -1.42. The molecule has 0 heterocycles. The van der Waals surface area contributed by atoms with Crippen molar-refractivity contribution < 1.29 is 9.18 Å². The molecule has 0 spiro atoms. The highest BCUT2D eigenvalue weighted by atomic mass is 19.1. The van der Waals surface area contributed by atoms with Crippen LogP contribution in [0, 0.1) is 5.82 Å². The van der Waals surface area contributed by atoms with E-state index in [1.54, 1.807) is 6.07 Å². The van der Waals surface area contributed by atoms with Crippen molar-refractivity contribution >= 4 is 5.91 Å². The van der Waals surface area contributed by atoms with Crippen molar-refractivity contribution in [3.63, 3.8) is 0 Å². The number of rotatable bonds is 7. The maximum Gasteiger partial charge on any atom is 0.220 e. The number of hydrogen-bond donors (Lipinski definition) is 2. The van der Waals surface area contributed by atoms with Gasteiger partial charge in [-0.2, -0.15) is 0 Å². The summed E-state index contributed by atoms with van der Waals surface area (Å²) in [7, 11) is 0. The van der Waals surface area contributed by atoms with Gasteiger partial charge in [-0.05, 0) is 43.9 Å². The highest BCUT2D eigenvalue weighted by Gasteiger charge is 2.02. The van der Waals surface area contributed by atoms with Crippen LogP contribution in [0.2, 0.25) is 0 Å². The maximum absolute atomic E-state index is 12.9. The monoisotopic (exact) mass is 252 g/mol. The van der Waals surface area contributed by atoms with Gasteiger partial charge in [-0.25, -0.2) is 4.39 Å². The minimum atomic E-state index is -0.240. The lowest BCUT2D eigenvalue weighted by atomic mass is 10.1. The third-order valence-corrected chi connectivity index (χ3v) is 2.69. The molecule has 0 bridgehead atoms. The summed E-state index contributed by atoms with van der Waals surface area (Å²) in [6, 6.07) is 6.57. The highest BCUT2D eigenvalue weighted by Crippen LogP contribution is 2.03. The van der Waals surface area contributed by atoms with E-state index in [2.05, 4.69) is 5.32 Å². The number of benzene rings is 1. The largest absolute Gasteiger partial charge is 0.356 e. The molecule has 1 unspecified atom stereocenters. The molecule has 0 aromatic heterocycles. The number of amides is 1. The smallest absolute Gasteiger partial charge is 0.220 e. The Morgan fingerprint density at radius 3 is 2.94 bits per heavy atom. The Kier molecular flexibility index (Phi) is 6.36. The average Bonchev–Trinajstić information content (AvgIpc) is 2.28. The third kappa shape index (κ3) is 6.35. The average molecular weight is 252 g/mol. The normalized spacial score (nSPS) is 12.2. The van der Waals surface area contributed by atoms with Crippen LogP contribution in [-0.4, -0.2) is 18.5 Å². The molecule has 0 radical (unpaired) electrons. The van der Waals surface area contributed by atoms with E-state index in [4.69, 9.17) is 5.73 Å². The lowest BCUT2D eigenvalue weighted by molar-refractivity contribution is -0.121. The molecule has 0 fully saturated rings. The van der Waals surface area contributed by atoms with Gasteiger partial charge >= 0.3 is 0 Å². The first-order valence-corrected chi connectivity index (χ1v) is 6.34. The van der Waals surface area contributed by atoms with Crippen molar-refractivity contribution in [3.8, 4) is 0 Å². The van der Waals surface area contributed by atoms with Crippen LogP contribution in [0.15, 0.2) is 24.3 Å². The van der Waals surface area contributed by atoms with Crippen LogP contribution in [0.25, 0.3) is 0 Å². The summed E-state index contributed by atoms with van der Waals surface area (Å²) in [6.45, 7) is 2.47. The van der Waals surface area contributed by atoms with E-state index >= 15 is 0 Å². The molecular weight excluding hydrogens is 231 g/mol. The molecule has 3 N–H and O–H groups in total. The Morgan fingerprint density at radius 2 is 2.28 bits per heavy atom. The Morgan fingerprint density at radius 1 is 1.50 bits per heavy atom.